The molecule has 0 atom stereocenters. The second kappa shape index (κ2) is 4.66. The fourth-order valence-electron chi connectivity index (χ4n) is 1.05. The van der Waals surface area contributed by atoms with Crippen LogP contribution in [0.5, 0.6) is 0 Å². The fraction of sp³-hybridized carbons (Fsp3) is 0.222. The molecule has 0 bridgehead atoms. The molecule has 0 unspecified atom stereocenters. The predicted molar refractivity (Wildman–Crippen MR) is 54.7 cm³/mol. The van der Waals surface area contributed by atoms with Crippen LogP contribution in [0.25, 0.3) is 0 Å². The number of hydrogen-bond acceptors (Lipinski definition) is 3. The molecule has 17 heavy (non-hydrogen) atoms. The standard InChI is InChI=1S/C9H6ClF3O3S/c10-5-8(14)6-2-1-3-7(4-6)17(15,16)9(11,12)13/h1-4H,5H2. The van der Waals surface area contributed by atoms with Crippen LogP contribution in [0.4, 0.5) is 13.2 Å². The minimum Gasteiger partial charge on any atom is -0.293 e. The summed E-state index contributed by atoms with van der Waals surface area (Å²) in [6.45, 7) is 0. The summed E-state index contributed by atoms with van der Waals surface area (Å²) in [5.74, 6) is -1.08. The monoisotopic (exact) mass is 286 g/mol. The van der Waals surface area contributed by atoms with Gasteiger partial charge in [-0.25, -0.2) is 8.42 Å². The van der Waals surface area contributed by atoms with E-state index in [2.05, 4.69) is 0 Å². The van der Waals surface area contributed by atoms with Crippen molar-refractivity contribution in [1.82, 2.24) is 0 Å². The Morgan fingerprint density at radius 2 is 1.88 bits per heavy atom. The van der Waals surface area contributed by atoms with Crippen LogP contribution in [0.1, 0.15) is 10.4 Å². The van der Waals surface area contributed by atoms with Crippen molar-refractivity contribution >= 4 is 27.2 Å². The zero-order chi connectivity index (χ0) is 13.3. The summed E-state index contributed by atoms with van der Waals surface area (Å²) in [4.78, 5) is 10.2. The van der Waals surface area contributed by atoms with Gasteiger partial charge in [0.15, 0.2) is 5.78 Å². The van der Waals surface area contributed by atoms with Gasteiger partial charge in [-0.05, 0) is 12.1 Å². The van der Waals surface area contributed by atoms with E-state index in [4.69, 9.17) is 11.6 Å². The highest BCUT2D eigenvalue weighted by atomic mass is 35.5. The summed E-state index contributed by atoms with van der Waals surface area (Å²) in [5.41, 5.74) is -5.57. The number of Topliss-reactive ketones (excluding diaryl/α,β-unsaturated/α-hetero) is 1. The van der Waals surface area contributed by atoms with Crippen molar-refractivity contribution in [3.8, 4) is 0 Å². The fourth-order valence-corrected chi connectivity index (χ4v) is 2.01. The van der Waals surface area contributed by atoms with E-state index in [1.165, 1.54) is 6.07 Å². The van der Waals surface area contributed by atoms with E-state index in [0.29, 0.717) is 6.07 Å². The molecule has 1 aromatic rings. The number of rotatable bonds is 3. The maximum atomic E-state index is 12.2. The van der Waals surface area contributed by atoms with Gasteiger partial charge in [-0.2, -0.15) is 13.2 Å². The zero-order valence-corrected chi connectivity index (χ0v) is 9.73. The van der Waals surface area contributed by atoms with Gasteiger partial charge in [0, 0.05) is 5.56 Å². The van der Waals surface area contributed by atoms with Gasteiger partial charge in [-0.15, -0.1) is 11.6 Å². The number of sulfone groups is 1. The molecule has 0 aliphatic carbocycles. The molecule has 1 rings (SSSR count). The molecule has 0 N–H and O–H groups in total. The quantitative estimate of drug-likeness (QED) is 0.633. The van der Waals surface area contributed by atoms with Crippen molar-refractivity contribution in [2.75, 3.05) is 5.88 Å². The molecule has 0 heterocycles. The van der Waals surface area contributed by atoms with Crippen molar-refractivity contribution < 1.29 is 26.4 Å². The first-order valence-corrected chi connectivity index (χ1v) is 6.22. The summed E-state index contributed by atoms with van der Waals surface area (Å²) in [6, 6.07) is 3.68. The van der Waals surface area contributed by atoms with Gasteiger partial charge in [0.2, 0.25) is 0 Å². The Morgan fingerprint density at radius 1 is 1.29 bits per heavy atom. The highest BCUT2D eigenvalue weighted by Gasteiger charge is 2.46. The number of halogens is 4. The lowest BCUT2D eigenvalue weighted by Crippen LogP contribution is -2.23. The Labute approximate surface area is 100 Å². The zero-order valence-electron chi connectivity index (χ0n) is 8.16. The average molecular weight is 287 g/mol. The smallest absolute Gasteiger partial charge is 0.293 e. The molecule has 94 valence electrons. The van der Waals surface area contributed by atoms with Crippen molar-refractivity contribution in [1.29, 1.82) is 0 Å². The lowest BCUT2D eigenvalue weighted by atomic mass is 10.1. The minimum absolute atomic E-state index is 0.176. The van der Waals surface area contributed by atoms with Gasteiger partial charge in [-0.1, -0.05) is 12.1 Å². The first-order valence-electron chi connectivity index (χ1n) is 4.20. The van der Waals surface area contributed by atoms with Crippen LogP contribution in [-0.4, -0.2) is 25.6 Å². The van der Waals surface area contributed by atoms with Crippen molar-refractivity contribution in [2.24, 2.45) is 0 Å². The molecule has 0 aliphatic heterocycles. The Hall–Kier alpha value is -1.08. The molecule has 0 saturated carbocycles. The van der Waals surface area contributed by atoms with E-state index >= 15 is 0 Å². The first kappa shape index (κ1) is 14.0. The van der Waals surface area contributed by atoms with Crippen LogP contribution in [0.15, 0.2) is 29.2 Å². The van der Waals surface area contributed by atoms with Crippen molar-refractivity contribution in [2.45, 2.75) is 10.4 Å². The molecule has 0 spiro atoms. The summed E-state index contributed by atoms with van der Waals surface area (Å²) >= 11 is 5.22. The maximum Gasteiger partial charge on any atom is 0.501 e. The Balaban J connectivity index is 3.31. The summed E-state index contributed by atoms with van der Waals surface area (Å²) in [5, 5.41) is 0. The number of hydrogen-bond donors (Lipinski definition) is 0. The molecular formula is C9H6ClF3O3S. The van der Waals surface area contributed by atoms with Crippen molar-refractivity contribution in [3.05, 3.63) is 29.8 Å². The number of benzene rings is 1. The largest absolute Gasteiger partial charge is 0.501 e. The normalized spacial score (nSPS) is 12.5. The SMILES string of the molecule is O=C(CCl)c1cccc(S(=O)(=O)C(F)(F)F)c1. The molecule has 0 aromatic heterocycles. The number of carbonyl (C=O) groups is 1. The second-order valence-electron chi connectivity index (χ2n) is 3.03. The van der Waals surface area contributed by atoms with Crippen molar-refractivity contribution in [3.63, 3.8) is 0 Å². The number of carbonyl (C=O) groups excluding carboxylic acids is 1. The Bertz CT molecular complexity index is 537. The number of alkyl halides is 4. The summed E-state index contributed by atoms with van der Waals surface area (Å²) < 4.78 is 58.8. The molecule has 0 fully saturated rings. The molecule has 0 radical (unpaired) electrons. The van der Waals surface area contributed by atoms with Crippen LogP contribution >= 0.6 is 11.6 Å². The van der Waals surface area contributed by atoms with Gasteiger partial charge in [-0.3, -0.25) is 4.79 Å². The van der Waals surface area contributed by atoms with E-state index in [-0.39, 0.29) is 5.56 Å². The van der Waals surface area contributed by atoms with E-state index in [1.807, 2.05) is 0 Å². The van der Waals surface area contributed by atoms with Gasteiger partial charge >= 0.3 is 5.51 Å². The third-order valence-corrected chi connectivity index (χ3v) is 3.62. The molecule has 1 aromatic carbocycles. The summed E-state index contributed by atoms with van der Waals surface area (Å²) in [7, 11) is -5.44. The van der Waals surface area contributed by atoms with Gasteiger partial charge in [0.25, 0.3) is 9.84 Å². The van der Waals surface area contributed by atoms with E-state index in [1.54, 1.807) is 0 Å². The lowest BCUT2D eigenvalue weighted by molar-refractivity contribution is -0.0436. The summed E-state index contributed by atoms with van der Waals surface area (Å²) in [6.07, 6.45) is 0. The predicted octanol–water partition coefficient (Wildman–Crippen LogP) is 2.40. The molecule has 0 saturated heterocycles. The molecule has 0 amide bonds. The first-order chi connectivity index (χ1) is 7.70. The third-order valence-electron chi connectivity index (χ3n) is 1.89. The lowest BCUT2D eigenvalue weighted by Gasteiger charge is -2.08. The highest BCUT2D eigenvalue weighted by Crippen LogP contribution is 2.30. The number of ketones is 1. The van der Waals surface area contributed by atoms with E-state index in [0.717, 1.165) is 12.1 Å². The van der Waals surface area contributed by atoms with Crippen LogP contribution < -0.4 is 0 Å². The van der Waals surface area contributed by atoms with Gasteiger partial charge in [0.1, 0.15) is 0 Å². The van der Waals surface area contributed by atoms with Gasteiger partial charge in [0.05, 0.1) is 10.8 Å². The Morgan fingerprint density at radius 3 is 2.35 bits per heavy atom. The molecule has 8 heteroatoms. The van der Waals surface area contributed by atoms with Crippen LogP contribution in [0.3, 0.4) is 0 Å². The van der Waals surface area contributed by atoms with Crippen LogP contribution in [0, 0.1) is 0 Å². The average Bonchev–Trinajstić information content (AvgIpc) is 2.26. The second-order valence-corrected chi connectivity index (χ2v) is 5.24. The van der Waals surface area contributed by atoms with E-state index < -0.39 is 31.9 Å². The third kappa shape index (κ3) is 2.78. The van der Waals surface area contributed by atoms with E-state index in [9.17, 15) is 26.4 Å². The highest BCUT2D eigenvalue weighted by molar-refractivity contribution is 7.92. The van der Waals surface area contributed by atoms with Crippen LogP contribution in [-0.2, 0) is 9.84 Å². The Kier molecular flexibility index (Phi) is 3.83. The van der Waals surface area contributed by atoms with Crippen LogP contribution in [0.2, 0.25) is 0 Å². The molecule has 0 aliphatic rings. The maximum absolute atomic E-state index is 12.2. The minimum atomic E-state index is -5.44. The molecular weight excluding hydrogens is 281 g/mol. The topological polar surface area (TPSA) is 51.2 Å². The molecule has 3 nitrogen and oxygen atoms in total. The van der Waals surface area contributed by atoms with Gasteiger partial charge < -0.3 is 0 Å².